The molecule has 1 unspecified atom stereocenters. The van der Waals surface area contributed by atoms with E-state index in [0.29, 0.717) is 12.5 Å². The lowest BCUT2D eigenvalue weighted by molar-refractivity contribution is -0.134. The monoisotopic (exact) mass is 247 g/mol. The Morgan fingerprint density at radius 1 is 1.67 bits per heavy atom. The van der Waals surface area contributed by atoms with Gasteiger partial charge in [-0.25, -0.2) is 0 Å². The minimum absolute atomic E-state index is 0.230. The van der Waals surface area contributed by atoms with Crippen molar-refractivity contribution in [3.8, 4) is 0 Å². The minimum Gasteiger partial charge on any atom is -0.337 e. The molecule has 18 heavy (non-hydrogen) atoms. The lowest BCUT2D eigenvalue weighted by Crippen LogP contribution is -2.52. The number of piperazine rings is 1. The van der Waals surface area contributed by atoms with Crippen molar-refractivity contribution < 1.29 is 4.79 Å². The number of rotatable bonds is 3. The smallest absolute Gasteiger partial charge is 0.223 e. The summed E-state index contributed by atoms with van der Waals surface area (Å²) in [5, 5.41) is 3.30. The number of nitrogens with one attached hydrogen (secondary N) is 1. The highest BCUT2D eigenvalue weighted by atomic mass is 16.2. The molecule has 2 rings (SSSR count). The van der Waals surface area contributed by atoms with Crippen LogP contribution in [0, 0.1) is 0 Å². The van der Waals surface area contributed by atoms with Gasteiger partial charge in [-0.2, -0.15) is 0 Å². The fraction of sp³-hybridized carbons (Fsp3) is 0.571. The average Bonchev–Trinajstić information content (AvgIpc) is 2.40. The van der Waals surface area contributed by atoms with Gasteiger partial charge in [-0.15, -0.1) is 0 Å². The molecule has 1 amide bonds. The third-order valence-electron chi connectivity index (χ3n) is 3.56. The summed E-state index contributed by atoms with van der Waals surface area (Å²) in [6.45, 7) is 6.80. The Hall–Kier alpha value is -1.42. The molecule has 0 radical (unpaired) electrons. The third-order valence-corrected chi connectivity index (χ3v) is 3.56. The van der Waals surface area contributed by atoms with E-state index in [0.717, 1.165) is 25.2 Å². The largest absolute Gasteiger partial charge is 0.337 e. The van der Waals surface area contributed by atoms with Crippen LogP contribution in [0.25, 0.3) is 0 Å². The zero-order valence-corrected chi connectivity index (χ0v) is 11.1. The summed E-state index contributed by atoms with van der Waals surface area (Å²) < 4.78 is 0. The van der Waals surface area contributed by atoms with Crippen LogP contribution in [0.2, 0.25) is 0 Å². The van der Waals surface area contributed by atoms with Crippen LogP contribution >= 0.6 is 0 Å². The standard InChI is InChI=1S/C14H21N3O/c1-11(13-4-3-5-15-10-13)8-14(18)17-7-6-16-9-12(17)2/h3-5,10-12,16H,6-9H2,1-2H3/t11?,12-/m0/s1. The number of amides is 1. The molecule has 0 bridgehead atoms. The van der Waals surface area contributed by atoms with Crippen LogP contribution in [0.15, 0.2) is 24.5 Å². The molecule has 2 atom stereocenters. The second-order valence-electron chi connectivity index (χ2n) is 5.03. The quantitative estimate of drug-likeness (QED) is 0.878. The molecule has 1 N–H and O–H groups in total. The van der Waals surface area contributed by atoms with Crippen molar-refractivity contribution in [3.05, 3.63) is 30.1 Å². The maximum Gasteiger partial charge on any atom is 0.223 e. The van der Waals surface area contributed by atoms with Gasteiger partial charge in [0.05, 0.1) is 0 Å². The van der Waals surface area contributed by atoms with Gasteiger partial charge in [0, 0.05) is 44.5 Å². The second-order valence-corrected chi connectivity index (χ2v) is 5.03. The van der Waals surface area contributed by atoms with E-state index in [-0.39, 0.29) is 11.8 Å². The van der Waals surface area contributed by atoms with E-state index in [1.54, 1.807) is 6.20 Å². The predicted octanol–water partition coefficient (Wildman–Crippen LogP) is 1.40. The predicted molar refractivity (Wildman–Crippen MR) is 71.3 cm³/mol. The van der Waals surface area contributed by atoms with Gasteiger partial charge in [0.25, 0.3) is 0 Å². The summed E-state index contributed by atoms with van der Waals surface area (Å²) in [4.78, 5) is 18.4. The lowest BCUT2D eigenvalue weighted by atomic mass is 9.98. The molecule has 1 aliphatic heterocycles. The van der Waals surface area contributed by atoms with Crippen LogP contribution < -0.4 is 5.32 Å². The Morgan fingerprint density at radius 3 is 3.17 bits per heavy atom. The third kappa shape index (κ3) is 3.07. The molecule has 1 aliphatic rings. The summed E-state index contributed by atoms with van der Waals surface area (Å²) in [6.07, 6.45) is 4.17. The van der Waals surface area contributed by atoms with Crippen molar-refractivity contribution in [2.24, 2.45) is 0 Å². The SMILES string of the molecule is CC(CC(=O)N1CCNC[C@@H]1C)c1cccnc1. The molecule has 2 heterocycles. The highest BCUT2D eigenvalue weighted by molar-refractivity contribution is 5.77. The molecule has 0 aliphatic carbocycles. The van der Waals surface area contributed by atoms with Crippen molar-refractivity contribution in [1.29, 1.82) is 0 Å². The van der Waals surface area contributed by atoms with Gasteiger partial charge in [0.1, 0.15) is 0 Å². The Labute approximate surface area is 108 Å². The van der Waals surface area contributed by atoms with Gasteiger partial charge in [-0.1, -0.05) is 13.0 Å². The van der Waals surface area contributed by atoms with Gasteiger partial charge >= 0.3 is 0 Å². The maximum absolute atomic E-state index is 12.3. The molecular formula is C14H21N3O. The first-order chi connectivity index (χ1) is 8.68. The van der Waals surface area contributed by atoms with Crippen LogP contribution in [-0.2, 0) is 4.79 Å². The minimum atomic E-state index is 0.230. The first kappa shape index (κ1) is 13.0. The van der Waals surface area contributed by atoms with Crippen LogP contribution in [0.4, 0.5) is 0 Å². The summed E-state index contributed by atoms with van der Waals surface area (Å²) in [7, 11) is 0. The number of carbonyl (C=O) groups is 1. The summed E-state index contributed by atoms with van der Waals surface area (Å²) in [6, 6.07) is 4.25. The van der Waals surface area contributed by atoms with E-state index in [9.17, 15) is 4.79 Å². The molecule has 1 aromatic heterocycles. The second kappa shape index (κ2) is 5.96. The molecule has 1 saturated heterocycles. The zero-order chi connectivity index (χ0) is 13.0. The van der Waals surface area contributed by atoms with E-state index in [1.807, 2.05) is 23.2 Å². The molecule has 0 aromatic carbocycles. The van der Waals surface area contributed by atoms with Gasteiger partial charge in [-0.05, 0) is 24.5 Å². The summed E-state index contributed by atoms with van der Waals surface area (Å²) >= 11 is 0. The van der Waals surface area contributed by atoms with Crippen molar-refractivity contribution in [2.45, 2.75) is 32.2 Å². The summed E-state index contributed by atoms with van der Waals surface area (Å²) in [5.41, 5.74) is 1.13. The van der Waals surface area contributed by atoms with Crippen molar-refractivity contribution in [3.63, 3.8) is 0 Å². The fourth-order valence-electron chi connectivity index (χ4n) is 2.38. The molecular weight excluding hydrogens is 226 g/mol. The number of hydrogen-bond acceptors (Lipinski definition) is 3. The Kier molecular flexibility index (Phi) is 4.31. The molecule has 4 heteroatoms. The number of carbonyl (C=O) groups excluding carboxylic acids is 1. The Bertz CT molecular complexity index is 393. The van der Waals surface area contributed by atoms with Crippen molar-refractivity contribution >= 4 is 5.91 Å². The molecule has 4 nitrogen and oxygen atoms in total. The molecule has 1 aromatic rings. The van der Waals surface area contributed by atoms with Gasteiger partial charge in [0.15, 0.2) is 0 Å². The maximum atomic E-state index is 12.3. The molecule has 1 fully saturated rings. The van der Waals surface area contributed by atoms with Crippen LogP contribution in [-0.4, -0.2) is 41.5 Å². The highest BCUT2D eigenvalue weighted by Crippen LogP contribution is 2.19. The zero-order valence-electron chi connectivity index (χ0n) is 11.1. The topological polar surface area (TPSA) is 45.2 Å². The van der Waals surface area contributed by atoms with Crippen molar-refractivity contribution in [2.75, 3.05) is 19.6 Å². The highest BCUT2D eigenvalue weighted by Gasteiger charge is 2.24. The van der Waals surface area contributed by atoms with Crippen LogP contribution in [0.3, 0.4) is 0 Å². The van der Waals surface area contributed by atoms with E-state index in [1.165, 1.54) is 0 Å². The van der Waals surface area contributed by atoms with E-state index in [2.05, 4.69) is 24.1 Å². The average molecular weight is 247 g/mol. The first-order valence-electron chi connectivity index (χ1n) is 6.58. The first-order valence-corrected chi connectivity index (χ1v) is 6.58. The van der Waals surface area contributed by atoms with Crippen LogP contribution in [0.5, 0.6) is 0 Å². The van der Waals surface area contributed by atoms with Gasteiger partial charge in [0.2, 0.25) is 5.91 Å². The number of hydrogen-bond donors (Lipinski definition) is 1. The van der Waals surface area contributed by atoms with Crippen LogP contribution in [0.1, 0.15) is 31.7 Å². The Balaban J connectivity index is 1.94. The van der Waals surface area contributed by atoms with E-state index >= 15 is 0 Å². The van der Waals surface area contributed by atoms with Gasteiger partial charge in [-0.3, -0.25) is 9.78 Å². The lowest BCUT2D eigenvalue weighted by Gasteiger charge is -2.34. The molecule has 98 valence electrons. The number of nitrogens with zero attached hydrogens (tertiary/aromatic N) is 2. The Morgan fingerprint density at radius 2 is 2.50 bits per heavy atom. The fourth-order valence-corrected chi connectivity index (χ4v) is 2.38. The molecule has 0 spiro atoms. The number of aromatic nitrogens is 1. The van der Waals surface area contributed by atoms with E-state index < -0.39 is 0 Å². The molecule has 0 saturated carbocycles. The normalized spacial score (nSPS) is 21.7. The van der Waals surface area contributed by atoms with Gasteiger partial charge < -0.3 is 10.2 Å². The van der Waals surface area contributed by atoms with Crippen molar-refractivity contribution in [1.82, 2.24) is 15.2 Å². The number of pyridine rings is 1. The van der Waals surface area contributed by atoms with E-state index in [4.69, 9.17) is 0 Å². The summed E-state index contributed by atoms with van der Waals surface area (Å²) in [5.74, 6) is 0.480.